The van der Waals surface area contributed by atoms with Crippen LogP contribution in [0.4, 0.5) is 0 Å². The van der Waals surface area contributed by atoms with Gasteiger partial charge in [-0.15, -0.1) is 0 Å². The molecule has 0 saturated heterocycles. The van der Waals surface area contributed by atoms with E-state index in [-0.39, 0.29) is 0 Å². The fraction of sp³-hybridized carbons (Fsp3) is 0.500. The molecular formula is C12H18BrNO. The summed E-state index contributed by atoms with van der Waals surface area (Å²) in [6.45, 7) is 7.21. The SMILES string of the molecule is CC(C)C(C)NCc1cccc(Br)c1O. The molecule has 0 bridgehead atoms. The van der Waals surface area contributed by atoms with Crippen molar-refractivity contribution in [1.82, 2.24) is 5.32 Å². The molecule has 1 aromatic rings. The van der Waals surface area contributed by atoms with E-state index in [1.807, 2.05) is 18.2 Å². The molecular weight excluding hydrogens is 254 g/mol. The molecule has 15 heavy (non-hydrogen) atoms. The minimum Gasteiger partial charge on any atom is -0.506 e. The molecule has 0 aliphatic heterocycles. The van der Waals surface area contributed by atoms with Crippen molar-refractivity contribution in [3.8, 4) is 5.75 Å². The predicted molar refractivity (Wildman–Crippen MR) is 66.9 cm³/mol. The van der Waals surface area contributed by atoms with Gasteiger partial charge in [-0.1, -0.05) is 26.0 Å². The van der Waals surface area contributed by atoms with Crippen molar-refractivity contribution < 1.29 is 5.11 Å². The van der Waals surface area contributed by atoms with Gasteiger partial charge < -0.3 is 10.4 Å². The highest BCUT2D eigenvalue weighted by Crippen LogP contribution is 2.27. The second-order valence-corrected chi connectivity index (χ2v) is 5.02. The van der Waals surface area contributed by atoms with E-state index in [1.165, 1.54) is 0 Å². The summed E-state index contributed by atoms with van der Waals surface area (Å²) in [6.07, 6.45) is 0. The van der Waals surface area contributed by atoms with Gasteiger partial charge in [-0.3, -0.25) is 0 Å². The lowest BCUT2D eigenvalue weighted by Crippen LogP contribution is -2.30. The molecule has 0 aliphatic carbocycles. The van der Waals surface area contributed by atoms with Crippen LogP contribution in [-0.4, -0.2) is 11.1 Å². The highest BCUT2D eigenvalue weighted by Gasteiger charge is 2.08. The molecule has 1 atom stereocenters. The van der Waals surface area contributed by atoms with E-state index in [0.717, 1.165) is 10.0 Å². The van der Waals surface area contributed by atoms with Crippen molar-refractivity contribution in [3.05, 3.63) is 28.2 Å². The Morgan fingerprint density at radius 2 is 2.00 bits per heavy atom. The Kier molecular flexibility index (Phi) is 4.61. The first-order valence-electron chi connectivity index (χ1n) is 5.22. The molecule has 1 rings (SSSR count). The quantitative estimate of drug-likeness (QED) is 0.881. The number of halogens is 1. The third kappa shape index (κ3) is 3.50. The van der Waals surface area contributed by atoms with E-state index >= 15 is 0 Å². The summed E-state index contributed by atoms with van der Waals surface area (Å²) in [5, 5.41) is 13.1. The Balaban J connectivity index is 2.62. The van der Waals surface area contributed by atoms with Crippen molar-refractivity contribution >= 4 is 15.9 Å². The monoisotopic (exact) mass is 271 g/mol. The Labute approximate surface area is 99.8 Å². The lowest BCUT2D eigenvalue weighted by molar-refractivity contribution is 0.415. The Morgan fingerprint density at radius 1 is 1.33 bits per heavy atom. The van der Waals surface area contributed by atoms with Gasteiger partial charge in [-0.2, -0.15) is 0 Å². The molecule has 84 valence electrons. The lowest BCUT2D eigenvalue weighted by atomic mass is 10.1. The van der Waals surface area contributed by atoms with E-state index < -0.39 is 0 Å². The van der Waals surface area contributed by atoms with Crippen LogP contribution in [0.3, 0.4) is 0 Å². The molecule has 0 heterocycles. The van der Waals surface area contributed by atoms with Crippen LogP contribution in [-0.2, 0) is 6.54 Å². The number of benzene rings is 1. The maximum absolute atomic E-state index is 9.76. The Bertz CT molecular complexity index is 325. The number of nitrogens with one attached hydrogen (secondary N) is 1. The molecule has 0 amide bonds. The number of hydrogen-bond donors (Lipinski definition) is 2. The number of phenols is 1. The largest absolute Gasteiger partial charge is 0.506 e. The first-order chi connectivity index (χ1) is 7.02. The minimum atomic E-state index is 0.334. The summed E-state index contributed by atoms with van der Waals surface area (Å²) in [5.41, 5.74) is 0.928. The van der Waals surface area contributed by atoms with Crippen LogP contribution in [0.1, 0.15) is 26.3 Å². The van der Waals surface area contributed by atoms with Crippen molar-refractivity contribution in [1.29, 1.82) is 0 Å². The number of rotatable bonds is 4. The summed E-state index contributed by atoms with van der Waals surface area (Å²) < 4.78 is 0.749. The second-order valence-electron chi connectivity index (χ2n) is 4.16. The van der Waals surface area contributed by atoms with Gasteiger partial charge in [0, 0.05) is 18.2 Å². The molecule has 0 aromatic heterocycles. The molecule has 2 nitrogen and oxygen atoms in total. The van der Waals surface area contributed by atoms with Gasteiger partial charge in [0.2, 0.25) is 0 Å². The molecule has 0 radical (unpaired) electrons. The summed E-state index contributed by atoms with van der Waals surface area (Å²) in [6, 6.07) is 6.15. The average molecular weight is 272 g/mol. The number of aromatic hydroxyl groups is 1. The minimum absolute atomic E-state index is 0.334. The highest BCUT2D eigenvalue weighted by atomic mass is 79.9. The molecule has 2 N–H and O–H groups in total. The first kappa shape index (κ1) is 12.5. The fourth-order valence-corrected chi connectivity index (χ4v) is 1.62. The molecule has 0 spiro atoms. The van der Waals surface area contributed by atoms with Gasteiger partial charge in [-0.25, -0.2) is 0 Å². The number of hydrogen-bond acceptors (Lipinski definition) is 2. The standard InChI is InChI=1S/C12H18BrNO/c1-8(2)9(3)14-7-10-5-4-6-11(13)12(10)15/h4-6,8-9,14-15H,7H2,1-3H3. The average Bonchev–Trinajstić information content (AvgIpc) is 2.19. The Hall–Kier alpha value is -0.540. The van der Waals surface area contributed by atoms with Gasteiger partial charge >= 0.3 is 0 Å². The first-order valence-corrected chi connectivity index (χ1v) is 6.01. The van der Waals surface area contributed by atoms with Crippen LogP contribution in [0.15, 0.2) is 22.7 Å². The van der Waals surface area contributed by atoms with Crippen molar-refractivity contribution in [2.45, 2.75) is 33.4 Å². The zero-order valence-corrected chi connectivity index (χ0v) is 11.0. The van der Waals surface area contributed by atoms with Crippen LogP contribution < -0.4 is 5.32 Å². The van der Waals surface area contributed by atoms with E-state index in [1.54, 1.807) is 0 Å². The van der Waals surface area contributed by atoms with Gasteiger partial charge in [0.05, 0.1) is 4.47 Å². The summed E-state index contributed by atoms with van der Waals surface area (Å²) in [7, 11) is 0. The van der Waals surface area contributed by atoms with Crippen LogP contribution >= 0.6 is 15.9 Å². The summed E-state index contributed by atoms with van der Waals surface area (Å²) >= 11 is 3.30. The zero-order valence-electron chi connectivity index (χ0n) is 9.42. The molecule has 3 heteroatoms. The van der Waals surface area contributed by atoms with Crippen LogP contribution in [0.2, 0.25) is 0 Å². The normalized spacial score (nSPS) is 13.1. The summed E-state index contributed by atoms with van der Waals surface area (Å²) in [4.78, 5) is 0. The van der Waals surface area contributed by atoms with E-state index in [0.29, 0.717) is 24.3 Å². The van der Waals surface area contributed by atoms with Crippen LogP contribution in [0.25, 0.3) is 0 Å². The molecule has 0 fully saturated rings. The predicted octanol–water partition coefficient (Wildman–Crippen LogP) is 3.29. The lowest BCUT2D eigenvalue weighted by Gasteiger charge is -2.18. The zero-order chi connectivity index (χ0) is 11.4. The highest BCUT2D eigenvalue weighted by molar-refractivity contribution is 9.10. The number of para-hydroxylation sites is 1. The van der Waals surface area contributed by atoms with E-state index in [2.05, 4.69) is 42.0 Å². The maximum atomic E-state index is 9.76. The third-order valence-corrected chi connectivity index (χ3v) is 3.32. The molecule has 0 saturated carbocycles. The van der Waals surface area contributed by atoms with E-state index in [9.17, 15) is 5.11 Å². The van der Waals surface area contributed by atoms with Crippen LogP contribution in [0, 0.1) is 5.92 Å². The summed E-state index contributed by atoms with van der Waals surface area (Å²) in [5.74, 6) is 0.931. The van der Waals surface area contributed by atoms with Crippen LogP contribution in [0.5, 0.6) is 5.75 Å². The smallest absolute Gasteiger partial charge is 0.134 e. The van der Waals surface area contributed by atoms with Crippen molar-refractivity contribution in [2.24, 2.45) is 5.92 Å². The van der Waals surface area contributed by atoms with Gasteiger partial charge in [0.1, 0.15) is 5.75 Å². The van der Waals surface area contributed by atoms with Crippen molar-refractivity contribution in [3.63, 3.8) is 0 Å². The topological polar surface area (TPSA) is 32.3 Å². The molecule has 0 aliphatic rings. The molecule has 1 unspecified atom stereocenters. The van der Waals surface area contributed by atoms with E-state index in [4.69, 9.17) is 0 Å². The Morgan fingerprint density at radius 3 is 2.60 bits per heavy atom. The van der Waals surface area contributed by atoms with Gasteiger partial charge in [-0.05, 0) is 34.8 Å². The van der Waals surface area contributed by atoms with Crippen molar-refractivity contribution in [2.75, 3.05) is 0 Å². The fourth-order valence-electron chi connectivity index (χ4n) is 1.21. The van der Waals surface area contributed by atoms with Gasteiger partial charge in [0.25, 0.3) is 0 Å². The van der Waals surface area contributed by atoms with Gasteiger partial charge in [0.15, 0.2) is 0 Å². The maximum Gasteiger partial charge on any atom is 0.134 e. The second kappa shape index (κ2) is 5.52. The number of phenolic OH excluding ortho intramolecular Hbond substituents is 1. The third-order valence-electron chi connectivity index (χ3n) is 2.68. The molecule has 1 aromatic carbocycles.